The standard InChI is InChI=1S/C35H23N2PS/c39-38(24-13-3-1-4-14-24,25-15-5-2-6-16-25)33-23-29-26-17-9-11-21-31(26)37-32-22-12-10-20-30(32)36-35(37)34(29)28-19-8-7-18-27(28)33/h1-23H. The van der Waals surface area contributed by atoms with E-state index in [9.17, 15) is 0 Å². The van der Waals surface area contributed by atoms with Crippen molar-refractivity contribution in [1.82, 2.24) is 9.38 Å². The predicted molar refractivity (Wildman–Crippen MR) is 171 cm³/mol. The third-order valence-electron chi connectivity index (χ3n) is 7.82. The van der Waals surface area contributed by atoms with Crippen molar-refractivity contribution in [2.75, 3.05) is 0 Å². The van der Waals surface area contributed by atoms with Crippen molar-refractivity contribution >= 4 is 82.9 Å². The average Bonchev–Trinajstić information content (AvgIpc) is 3.41. The predicted octanol–water partition coefficient (Wildman–Crippen LogP) is 7.70. The summed E-state index contributed by atoms with van der Waals surface area (Å²) in [5.41, 5.74) is 4.27. The normalized spacial score (nSPS) is 12.2. The number of aromatic nitrogens is 2. The van der Waals surface area contributed by atoms with Crippen LogP contribution in [0.15, 0.2) is 140 Å². The summed E-state index contributed by atoms with van der Waals surface area (Å²) in [5.74, 6) is 0. The van der Waals surface area contributed by atoms with E-state index < -0.39 is 6.04 Å². The topological polar surface area (TPSA) is 17.3 Å². The van der Waals surface area contributed by atoms with Crippen LogP contribution >= 0.6 is 6.04 Å². The summed E-state index contributed by atoms with van der Waals surface area (Å²) >= 11 is 6.85. The van der Waals surface area contributed by atoms with Gasteiger partial charge in [-0.25, -0.2) is 4.98 Å². The molecule has 0 amide bonds. The summed E-state index contributed by atoms with van der Waals surface area (Å²) in [6, 6.07) is 47.2. The molecule has 39 heavy (non-hydrogen) atoms. The van der Waals surface area contributed by atoms with Gasteiger partial charge in [-0.2, -0.15) is 0 Å². The maximum absolute atomic E-state index is 6.85. The smallest absolute Gasteiger partial charge is 0.147 e. The number of nitrogens with zero attached hydrogens (tertiary/aromatic N) is 2. The van der Waals surface area contributed by atoms with Crippen molar-refractivity contribution in [1.29, 1.82) is 0 Å². The molecule has 0 saturated heterocycles. The van der Waals surface area contributed by atoms with Crippen molar-refractivity contribution in [3.8, 4) is 0 Å². The lowest BCUT2D eigenvalue weighted by Crippen LogP contribution is -2.25. The Hall–Kier alpha value is -4.30. The van der Waals surface area contributed by atoms with Gasteiger partial charge in [-0.3, -0.25) is 4.40 Å². The number of fused-ring (bicyclic) bond motifs is 10. The molecule has 2 nitrogen and oxygen atoms in total. The van der Waals surface area contributed by atoms with Crippen LogP contribution in [0.25, 0.3) is 49.1 Å². The lowest BCUT2D eigenvalue weighted by atomic mass is 9.99. The Morgan fingerprint density at radius 2 is 1.05 bits per heavy atom. The molecule has 0 unspecified atom stereocenters. The fourth-order valence-electron chi connectivity index (χ4n) is 6.11. The summed E-state index contributed by atoms with van der Waals surface area (Å²) in [4.78, 5) is 5.20. The van der Waals surface area contributed by atoms with Crippen LogP contribution in [0, 0.1) is 0 Å². The number of hydrogen-bond donors (Lipinski definition) is 0. The molecule has 8 rings (SSSR count). The third-order valence-corrected chi connectivity index (χ3v) is 12.8. The molecule has 0 aliphatic heterocycles. The minimum atomic E-state index is -2.39. The molecule has 2 aromatic heterocycles. The van der Waals surface area contributed by atoms with Gasteiger partial charge in [0.05, 0.1) is 16.6 Å². The molecule has 0 aliphatic carbocycles. The van der Waals surface area contributed by atoms with Crippen molar-refractivity contribution in [3.63, 3.8) is 0 Å². The second-order valence-electron chi connectivity index (χ2n) is 9.92. The van der Waals surface area contributed by atoms with E-state index in [0.717, 1.165) is 22.2 Å². The summed E-state index contributed by atoms with van der Waals surface area (Å²) < 4.78 is 2.32. The monoisotopic (exact) mass is 534 g/mol. The Labute approximate surface area is 231 Å². The molecule has 184 valence electrons. The second-order valence-corrected chi connectivity index (χ2v) is 14.3. The van der Waals surface area contributed by atoms with Crippen molar-refractivity contribution < 1.29 is 0 Å². The lowest BCUT2D eigenvalue weighted by Gasteiger charge is -2.26. The first-order chi connectivity index (χ1) is 19.2. The number of pyridine rings is 1. The molecule has 0 fully saturated rings. The van der Waals surface area contributed by atoms with Crippen LogP contribution in [0.4, 0.5) is 0 Å². The number of para-hydroxylation sites is 3. The Morgan fingerprint density at radius 1 is 0.513 bits per heavy atom. The second kappa shape index (κ2) is 8.61. The lowest BCUT2D eigenvalue weighted by molar-refractivity contribution is 1.32. The van der Waals surface area contributed by atoms with Gasteiger partial charge in [-0.1, -0.05) is 127 Å². The molecular weight excluding hydrogens is 511 g/mol. The van der Waals surface area contributed by atoms with Gasteiger partial charge in [0.2, 0.25) is 0 Å². The van der Waals surface area contributed by atoms with Gasteiger partial charge >= 0.3 is 0 Å². The highest BCUT2D eigenvalue weighted by atomic mass is 32.4. The molecule has 0 bridgehead atoms. The molecule has 0 radical (unpaired) electrons. The van der Waals surface area contributed by atoms with Crippen LogP contribution < -0.4 is 15.9 Å². The first-order valence-corrected chi connectivity index (χ1v) is 15.9. The Bertz CT molecular complexity index is 2210. The highest BCUT2D eigenvalue weighted by molar-refractivity contribution is 8.25. The summed E-state index contributed by atoms with van der Waals surface area (Å²) in [5, 5.41) is 9.60. The molecule has 0 saturated carbocycles. The SMILES string of the molecule is S=P(c1ccccc1)(c1ccccc1)c1cc2c3ccccc3n3c4ccccc4nc3c2c2ccccc12. The molecule has 0 spiro atoms. The maximum Gasteiger partial charge on any atom is 0.147 e. The van der Waals surface area contributed by atoms with Crippen molar-refractivity contribution in [2.24, 2.45) is 0 Å². The van der Waals surface area contributed by atoms with Crippen LogP contribution in [0.1, 0.15) is 0 Å². The van der Waals surface area contributed by atoms with Gasteiger partial charge in [-0.15, -0.1) is 0 Å². The zero-order valence-corrected chi connectivity index (χ0v) is 22.7. The Kier molecular flexibility index (Phi) is 5.00. The van der Waals surface area contributed by atoms with E-state index >= 15 is 0 Å². The average molecular weight is 535 g/mol. The first-order valence-electron chi connectivity index (χ1n) is 13.1. The van der Waals surface area contributed by atoms with Gasteiger partial charge in [0.1, 0.15) is 5.65 Å². The number of rotatable bonds is 3. The van der Waals surface area contributed by atoms with E-state index in [4.69, 9.17) is 16.8 Å². The fourth-order valence-corrected chi connectivity index (χ4v) is 10.2. The van der Waals surface area contributed by atoms with Gasteiger partial charge in [-0.05, 0) is 51.0 Å². The van der Waals surface area contributed by atoms with E-state index in [0.29, 0.717) is 0 Å². The van der Waals surface area contributed by atoms with E-state index in [-0.39, 0.29) is 0 Å². The van der Waals surface area contributed by atoms with E-state index in [1.54, 1.807) is 0 Å². The molecule has 6 aromatic carbocycles. The number of imidazole rings is 1. The van der Waals surface area contributed by atoms with Crippen LogP contribution in [0.2, 0.25) is 0 Å². The molecule has 0 atom stereocenters. The van der Waals surface area contributed by atoms with Gasteiger partial charge < -0.3 is 0 Å². The van der Waals surface area contributed by atoms with E-state index in [1.165, 1.54) is 42.8 Å². The zero-order valence-electron chi connectivity index (χ0n) is 21.0. The highest BCUT2D eigenvalue weighted by Crippen LogP contribution is 2.47. The maximum atomic E-state index is 6.85. The quantitative estimate of drug-likeness (QED) is 0.171. The Morgan fingerprint density at radius 3 is 1.74 bits per heavy atom. The molecule has 8 aromatic rings. The van der Waals surface area contributed by atoms with Crippen molar-refractivity contribution in [2.45, 2.75) is 0 Å². The summed E-state index contributed by atoms with van der Waals surface area (Å²) in [7, 11) is 0. The van der Waals surface area contributed by atoms with Crippen LogP contribution in [0.5, 0.6) is 0 Å². The largest absolute Gasteiger partial charge is 0.292 e. The van der Waals surface area contributed by atoms with Crippen molar-refractivity contribution in [3.05, 3.63) is 140 Å². The first kappa shape index (κ1) is 22.7. The van der Waals surface area contributed by atoms with E-state index in [1.807, 2.05) is 0 Å². The highest BCUT2D eigenvalue weighted by Gasteiger charge is 2.28. The third kappa shape index (κ3) is 3.21. The minimum Gasteiger partial charge on any atom is -0.292 e. The number of benzene rings is 6. The van der Waals surface area contributed by atoms with Crippen LogP contribution in [0.3, 0.4) is 0 Å². The van der Waals surface area contributed by atoms with Crippen LogP contribution in [-0.4, -0.2) is 9.38 Å². The van der Waals surface area contributed by atoms with Crippen LogP contribution in [-0.2, 0) is 11.8 Å². The Balaban J connectivity index is 1.64. The molecule has 4 heteroatoms. The van der Waals surface area contributed by atoms with Gasteiger partial charge in [0, 0.05) is 22.1 Å². The molecule has 0 aliphatic rings. The summed E-state index contributed by atoms with van der Waals surface area (Å²) in [6.07, 6.45) is 0. The molecule has 2 heterocycles. The summed E-state index contributed by atoms with van der Waals surface area (Å²) in [6.45, 7) is 0. The van der Waals surface area contributed by atoms with E-state index in [2.05, 4.69) is 144 Å². The zero-order chi connectivity index (χ0) is 26.0. The minimum absolute atomic E-state index is 0.986. The van der Waals surface area contributed by atoms with Gasteiger partial charge in [0.15, 0.2) is 0 Å². The molecular formula is C35H23N2PS. The number of hydrogen-bond acceptors (Lipinski definition) is 2. The molecule has 0 N–H and O–H groups in total. The van der Waals surface area contributed by atoms with Gasteiger partial charge in [0.25, 0.3) is 0 Å². The fraction of sp³-hybridized carbons (Fsp3) is 0.